The van der Waals surface area contributed by atoms with E-state index >= 15 is 0 Å². The minimum Gasteiger partial charge on any atom is -0.451 e. The zero-order valence-corrected chi connectivity index (χ0v) is 7.32. The van der Waals surface area contributed by atoms with Gasteiger partial charge in [-0.1, -0.05) is 6.08 Å². The van der Waals surface area contributed by atoms with Crippen LogP contribution in [0.15, 0.2) is 29.7 Å². The fourth-order valence-corrected chi connectivity index (χ4v) is 0.877. The number of carbonyl (C=O) groups is 1. The molecule has 0 aliphatic heterocycles. The van der Waals surface area contributed by atoms with Crippen LogP contribution in [0.3, 0.4) is 0 Å². The minimum absolute atomic E-state index is 0.00269. The van der Waals surface area contributed by atoms with E-state index in [0.717, 1.165) is 5.69 Å². The van der Waals surface area contributed by atoms with Gasteiger partial charge in [0, 0.05) is 19.4 Å². The van der Waals surface area contributed by atoms with Gasteiger partial charge in [-0.15, -0.1) is 6.58 Å². The molecule has 0 bridgehead atoms. The summed E-state index contributed by atoms with van der Waals surface area (Å²) in [7, 11) is 0. The third-order valence-electron chi connectivity index (χ3n) is 1.54. The Hall–Kier alpha value is -1.58. The Bertz CT molecular complexity index is 267. The van der Waals surface area contributed by atoms with E-state index in [4.69, 9.17) is 4.42 Å². The molecule has 4 heteroatoms. The molecule has 0 aliphatic rings. The van der Waals surface area contributed by atoms with Gasteiger partial charge in [-0.25, -0.2) is 4.98 Å². The van der Waals surface area contributed by atoms with Crippen LogP contribution in [-0.4, -0.2) is 17.4 Å². The van der Waals surface area contributed by atoms with E-state index in [1.54, 1.807) is 12.3 Å². The Kier molecular flexibility index (Phi) is 3.75. The van der Waals surface area contributed by atoms with Crippen LogP contribution in [0, 0.1) is 0 Å². The molecule has 0 aliphatic carbocycles. The second kappa shape index (κ2) is 5.13. The lowest BCUT2D eigenvalue weighted by Crippen LogP contribution is -2.23. The van der Waals surface area contributed by atoms with Gasteiger partial charge < -0.3 is 9.73 Å². The van der Waals surface area contributed by atoms with Gasteiger partial charge in [-0.2, -0.15) is 0 Å². The Labute approximate surface area is 76.7 Å². The monoisotopic (exact) mass is 180 g/mol. The highest BCUT2D eigenvalue weighted by molar-refractivity contribution is 5.76. The van der Waals surface area contributed by atoms with Crippen molar-refractivity contribution in [1.82, 2.24) is 10.3 Å². The van der Waals surface area contributed by atoms with Crippen molar-refractivity contribution < 1.29 is 9.21 Å². The second-order valence-corrected chi connectivity index (χ2v) is 2.57. The molecule has 0 radical (unpaired) electrons. The van der Waals surface area contributed by atoms with Gasteiger partial charge in [0.15, 0.2) is 6.39 Å². The number of hydrogen-bond donors (Lipinski definition) is 1. The van der Waals surface area contributed by atoms with Crippen molar-refractivity contribution in [2.45, 2.75) is 12.8 Å². The molecule has 70 valence electrons. The van der Waals surface area contributed by atoms with E-state index in [1.807, 2.05) is 0 Å². The summed E-state index contributed by atoms with van der Waals surface area (Å²) in [4.78, 5) is 15.0. The van der Waals surface area contributed by atoms with Crippen LogP contribution in [0.1, 0.15) is 12.1 Å². The van der Waals surface area contributed by atoms with Gasteiger partial charge in [0.1, 0.15) is 6.26 Å². The van der Waals surface area contributed by atoms with Crippen molar-refractivity contribution in [2.75, 3.05) is 6.54 Å². The number of rotatable bonds is 5. The molecule has 1 amide bonds. The molecule has 0 fully saturated rings. The molecule has 0 saturated carbocycles. The van der Waals surface area contributed by atoms with Crippen molar-refractivity contribution >= 4 is 5.91 Å². The molecular weight excluding hydrogens is 168 g/mol. The summed E-state index contributed by atoms with van der Waals surface area (Å²) >= 11 is 0. The van der Waals surface area contributed by atoms with Gasteiger partial charge in [0.2, 0.25) is 5.91 Å². The van der Waals surface area contributed by atoms with Gasteiger partial charge in [0.25, 0.3) is 0 Å². The van der Waals surface area contributed by atoms with Crippen LogP contribution in [0.2, 0.25) is 0 Å². The summed E-state index contributed by atoms with van der Waals surface area (Å²) in [6.45, 7) is 4.01. The molecule has 0 aromatic carbocycles. The Morgan fingerprint density at radius 1 is 1.77 bits per heavy atom. The maximum absolute atomic E-state index is 11.1. The van der Waals surface area contributed by atoms with Crippen molar-refractivity contribution in [2.24, 2.45) is 0 Å². The summed E-state index contributed by atoms with van der Waals surface area (Å²) in [5, 5.41) is 2.68. The number of hydrogen-bond acceptors (Lipinski definition) is 3. The van der Waals surface area contributed by atoms with Gasteiger partial charge in [-0.3, -0.25) is 4.79 Å². The smallest absolute Gasteiger partial charge is 0.220 e. The summed E-state index contributed by atoms with van der Waals surface area (Å²) in [6.07, 6.45) is 5.59. The predicted molar refractivity (Wildman–Crippen MR) is 48.0 cm³/mol. The third-order valence-corrected chi connectivity index (χ3v) is 1.54. The largest absolute Gasteiger partial charge is 0.451 e. The van der Waals surface area contributed by atoms with Crippen LogP contribution in [0.5, 0.6) is 0 Å². The zero-order chi connectivity index (χ0) is 9.52. The first-order chi connectivity index (χ1) is 6.33. The first-order valence-electron chi connectivity index (χ1n) is 4.07. The number of amides is 1. The molecule has 0 saturated heterocycles. The van der Waals surface area contributed by atoms with E-state index in [-0.39, 0.29) is 5.91 Å². The lowest BCUT2D eigenvalue weighted by molar-refractivity contribution is -0.120. The molecule has 1 rings (SSSR count). The van der Waals surface area contributed by atoms with E-state index in [2.05, 4.69) is 16.9 Å². The fourth-order valence-electron chi connectivity index (χ4n) is 0.877. The first kappa shape index (κ1) is 9.51. The average molecular weight is 180 g/mol. The summed E-state index contributed by atoms with van der Waals surface area (Å²) < 4.78 is 4.77. The normalized spacial score (nSPS) is 9.54. The van der Waals surface area contributed by atoms with Crippen LogP contribution in [0.25, 0.3) is 0 Å². The van der Waals surface area contributed by atoms with E-state index in [1.165, 1.54) is 6.39 Å². The Morgan fingerprint density at radius 3 is 3.23 bits per heavy atom. The highest BCUT2D eigenvalue weighted by Crippen LogP contribution is 1.98. The number of aromatic nitrogens is 1. The average Bonchev–Trinajstić information content (AvgIpc) is 2.64. The molecule has 0 unspecified atom stereocenters. The third kappa shape index (κ3) is 3.55. The number of aryl methyl sites for hydroxylation is 1. The summed E-state index contributed by atoms with van der Waals surface area (Å²) in [6, 6.07) is 0. The highest BCUT2D eigenvalue weighted by Gasteiger charge is 2.01. The molecule has 1 heterocycles. The number of nitrogens with zero attached hydrogens (tertiary/aromatic N) is 1. The highest BCUT2D eigenvalue weighted by atomic mass is 16.3. The SMILES string of the molecule is C=CCNC(=O)CCc1cocn1. The molecule has 4 nitrogen and oxygen atoms in total. The molecule has 1 aromatic rings. The van der Waals surface area contributed by atoms with Crippen LogP contribution in [0.4, 0.5) is 0 Å². The minimum atomic E-state index is 0.00269. The van der Waals surface area contributed by atoms with E-state index in [9.17, 15) is 4.79 Å². The second-order valence-electron chi connectivity index (χ2n) is 2.57. The van der Waals surface area contributed by atoms with E-state index in [0.29, 0.717) is 19.4 Å². The molecule has 0 spiro atoms. The number of oxazole rings is 1. The Morgan fingerprint density at radius 2 is 2.62 bits per heavy atom. The molecule has 13 heavy (non-hydrogen) atoms. The van der Waals surface area contributed by atoms with Crippen LogP contribution in [-0.2, 0) is 11.2 Å². The number of nitrogens with one attached hydrogen (secondary N) is 1. The maximum atomic E-state index is 11.1. The van der Waals surface area contributed by atoms with Crippen molar-refractivity contribution in [3.63, 3.8) is 0 Å². The summed E-state index contributed by atoms with van der Waals surface area (Å²) in [5.74, 6) is 0.00269. The molecular formula is C9H12N2O2. The fraction of sp³-hybridized carbons (Fsp3) is 0.333. The van der Waals surface area contributed by atoms with Crippen LogP contribution >= 0.6 is 0 Å². The lowest BCUT2D eigenvalue weighted by Gasteiger charge is -1.99. The van der Waals surface area contributed by atoms with Crippen molar-refractivity contribution in [3.8, 4) is 0 Å². The topological polar surface area (TPSA) is 55.1 Å². The zero-order valence-electron chi connectivity index (χ0n) is 7.32. The lowest BCUT2D eigenvalue weighted by atomic mass is 10.2. The first-order valence-corrected chi connectivity index (χ1v) is 4.07. The summed E-state index contributed by atoms with van der Waals surface area (Å²) in [5.41, 5.74) is 0.800. The molecule has 0 atom stereocenters. The van der Waals surface area contributed by atoms with Crippen molar-refractivity contribution in [3.05, 3.63) is 31.0 Å². The Balaban J connectivity index is 2.19. The quantitative estimate of drug-likeness (QED) is 0.685. The van der Waals surface area contributed by atoms with Gasteiger partial charge >= 0.3 is 0 Å². The molecule has 1 aromatic heterocycles. The van der Waals surface area contributed by atoms with Crippen molar-refractivity contribution in [1.29, 1.82) is 0 Å². The van der Waals surface area contributed by atoms with Gasteiger partial charge in [-0.05, 0) is 0 Å². The number of carbonyl (C=O) groups excluding carboxylic acids is 1. The molecule has 1 N–H and O–H groups in total. The van der Waals surface area contributed by atoms with Gasteiger partial charge in [0.05, 0.1) is 5.69 Å². The standard InChI is InChI=1S/C9H12N2O2/c1-2-5-10-9(12)4-3-8-6-13-7-11-8/h2,6-7H,1,3-5H2,(H,10,12). The predicted octanol–water partition coefficient (Wildman–Crippen LogP) is 0.909. The maximum Gasteiger partial charge on any atom is 0.220 e. The van der Waals surface area contributed by atoms with Crippen LogP contribution < -0.4 is 5.32 Å². The van der Waals surface area contributed by atoms with E-state index < -0.39 is 0 Å².